The number of hydrogen-bond donors (Lipinski definition) is 2. The van der Waals surface area contributed by atoms with Crippen LogP contribution in [-0.2, 0) is 20.0 Å². The first-order valence-corrected chi connectivity index (χ1v) is 12.6. The van der Waals surface area contributed by atoms with E-state index in [0.717, 1.165) is 13.0 Å². The largest absolute Gasteiger partial charge is 0.495 e. The number of nitrogens with zero attached hydrogens (tertiary/aromatic N) is 2. The van der Waals surface area contributed by atoms with Crippen molar-refractivity contribution in [3.05, 3.63) is 48.0 Å². The molecule has 3 rings (SSSR count). The van der Waals surface area contributed by atoms with Crippen molar-refractivity contribution in [2.45, 2.75) is 22.6 Å². The van der Waals surface area contributed by atoms with Crippen molar-refractivity contribution in [3.8, 4) is 5.75 Å². The lowest BCUT2D eigenvalue weighted by Gasteiger charge is -2.12. The van der Waals surface area contributed by atoms with Crippen LogP contribution in [0.5, 0.6) is 5.75 Å². The first-order chi connectivity index (χ1) is 15.1. The molecule has 2 aromatic rings. The second-order valence-electron chi connectivity index (χ2n) is 7.06. The van der Waals surface area contributed by atoms with Crippen LogP contribution in [-0.4, -0.2) is 61.2 Å². The van der Waals surface area contributed by atoms with E-state index in [0.29, 0.717) is 12.3 Å². The summed E-state index contributed by atoms with van der Waals surface area (Å²) in [6, 6.07) is 9.69. The molecule has 0 saturated carbocycles. The van der Waals surface area contributed by atoms with E-state index < -0.39 is 26.0 Å². The molecule has 0 aliphatic carbocycles. The molecule has 0 radical (unpaired) electrons. The van der Waals surface area contributed by atoms with E-state index in [1.165, 1.54) is 56.6 Å². The molecule has 12 heteroatoms. The minimum Gasteiger partial charge on any atom is -0.495 e. The SMILES string of the molecule is CNS(=O)(=O)c1cc(C(=O)Nc2cccc(S(=O)(=O)/N=C3/CCCN3C)c2)ccc1OC. The monoisotopic (exact) mass is 480 g/mol. The molecule has 1 aliphatic heterocycles. The zero-order chi connectivity index (χ0) is 23.5. The van der Waals surface area contributed by atoms with E-state index in [9.17, 15) is 21.6 Å². The fourth-order valence-corrected chi connectivity index (χ4v) is 5.23. The van der Waals surface area contributed by atoms with Crippen LogP contribution in [0.15, 0.2) is 56.7 Å². The average Bonchev–Trinajstić information content (AvgIpc) is 3.17. The average molecular weight is 481 g/mol. The predicted molar refractivity (Wildman–Crippen MR) is 120 cm³/mol. The Balaban J connectivity index is 1.88. The number of benzene rings is 2. The van der Waals surface area contributed by atoms with Crippen LogP contribution in [0, 0.1) is 0 Å². The molecule has 172 valence electrons. The van der Waals surface area contributed by atoms with E-state index in [4.69, 9.17) is 4.74 Å². The van der Waals surface area contributed by atoms with Crippen LogP contribution in [0.3, 0.4) is 0 Å². The number of sulfonamides is 2. The van der Waals surface area contributed by atoms with Crippen molar-refractivity contribution >= 4 is 37.5 Å². The fraction of sp³-hybridized carbons (Fsp3) is 0.300. The lowest BCUT2D eigenvalue weighted by molar-refractivity contribution is 0.102. The summed E-state index contributed by atoms with van der Waals surface area (Å²) in [6.45, 7) is 0.748. The molecule has 0 aromatic heterocycles. The van der Waals surface area contributed by atoms with Gasteiger partial charge >= 0.3 is 0 Å². The van der Waals surface area contributed by atoms with Crippen molar-refractivity contribution in [3.63, 3.8) is 0 Å². The Hall–Kier alpha value is -2.96. The Labute approximate surface area is 187 Å². The van der Waals surface area contributed by atoms with Gasteiger partial charge in [0.05, 0.1) is 12.0 Å². The van der Waals surface area contributed by atoms with Gasteiger partial charge in [0.1, 0.15) is 16.5 Å². The summed E-state index contributed by atoms with van der Waals surface area (Å²) in [4.78, 5) is 14.3. The van der Waals surface area contributed by atoms with Crippen molar-refractivity contribution < 1.29 is 26.4 Å². The Kier molecular flexibility index (Phi) is 6.86. The summed E-state index contributed by atoms with van der Waals surface area (Å²) >= 11 is 0. The molecule has 0 bridgehead atoms. The summed E-state index contributed by atoms with van der Waals surface area (Å²) in [6.07, 6.45) is 1.43. The first-order valence-electron chi connectivity index (χ1n) is 9.65. The minimum absolute atomic E-state index is 0.0562. The summed E-state index contributed by atoms with van der Waals surface area (Å²) in [5.74, 6) is -0.0347. The van der Waals surface area contributed by atoms with Gasteiger partial charge in [0.2, 0.25) is 10.0 Å². The molecule has 2 N–H and O–H groups in total. The van der Waals surface area contributed by atoms with Gasteiger partial charge in [-0.25, -0.2) is 13.1 Å². The molecule has 2 aromatic carbocycles. The number of rotatable bonds is 7. The van der Waals surface area contributed by atoms with Crippen LogP contribution in [0.2, 0.25) is 0 Å². The first kappa shape index (κ1) is 23.7. The molecule has 32 heavy (non-hydrogen) atoms. The maximum absolute atomic E-state index is 12.7. The number of hydrogen-bond acceptors (Lipinski definition) is 6. The molecule has 1 amide bonds. The Morgan fingerprint density at radius 2 is 1.88 bits per heavy atom. The molecular formula is C20H24N4O6S2. The normalized spacial score (nSPS) is 15.7. The zero-order valence-electron chi connectivity index (χ0n) is 17.8. The molecule has 1 saturated heterocycles. The highest BCUT2D eigenvalue weighted by atomic mass is 32.2. The van der Waals surface area contributed by atoms with E-state index in [1.54, 1.807) is 11.9 Å². The third-order valence-corrected chi connectivity index (χ3v) is 7.67. The standard InChI is InChI=1S/C20H24N4O6S2/c1-21-32(28,29)18-12-14(9-10-17(18)30-3)20(25)22-15-6-4-7-16(13-15)31(26,27)23-19-8-5-11-24(19)2/h4,6-7,9-10,12-13,21H,5,8,11H2,1-3H3,(H,22,25)/b23-19-. The fourth-order valence-electron chi connectivity index (χ4n) is 3.18. The lowest BCUT2D eigenvalue weighted by atomic mass is 10.2. The third kappa shape index (κ3) is 5.09. The van der Waals surface area contributed by atoms with Crippen LogP contribution >= 0.6 is 0 Å². The van der Waals surface area contributed by atoms with E-state index in [-0.39, 0.29) is 26.8 Å². The maximum atomic E-state index is 12.7. The number of methoxy groups -OCH3 is 1. The Bertz CT molecular complexity index is 1270. The van der Waals surface area contributed by atoms with Crippen molar-refractivity contribution in [2.75, 3.05) is 33.1 Å². The van der Waals surface area contributed by atoms with Gasteiger partial charge in [-0.05, 0) is 49.9 Å². The molecule has 0 unspecified atom stereocenters. The number of likely N-dealkylation sites (tertiary alicyclic amines) is 1. The number of carbonyl (C=O) groups is 1. The van der Waals surface area contributed by atoms with Crippen LogP contribution in [0.1, 0.15) is 23.2 Å². The van der Waals surface area contributed by atoms with Gasteiger partial charge in [-0.1, -0.05) is 6.07 Å². The van der Waals surface area contributed by atoms with Gasteiger partial charge < -0.3 is 15.0 Å². The van der Waals surface area contributed by atoms with Crippen LogP contribution in [0.4, 0.5) is 5.69 Å². The smallest absolute Gasteiger partial charge is 0.284 e. The lowest BCUT2D eigenvalue weighted by Crippen LogP contribution is -2.21. The molecule has 10 nitrogen and oxygen atoms in total. The maximum Gasteiger partial charge on any atom is 0.284 e. The summed E-state index contributed by atoms with van der Waals surface area (Å²) in [7, 11) is -3.45. The second kappa shape index (κ2) is 9.27. The Morgan fingerprint density at radius 1 is 1.12 bits per heavy atom. The highest BCUT2D eigenvalue weighted by molar-refractivity contribution is 7.90. The molecule has 1 heterocycles. The Morgan fingerprint density at radius 3 is 2.50 bits per heavy atom. The van der Waals surface area contributed by atoms with Crippen molar-refractivity contribution in [2.24, 2.45) is 4.40 Å². The zero-order valence-corrected chi connectivity index (χ0v) is 19.5. The molecular weight excluding hydrogens is 456 g/mol. The number of ether oxygens (including phenoxy) is 1. The highest BCUT2D eigenvalue weighted by Crippen LogP contribution is 2.26. The number of anilines is 1. The van der Waals surface area contributed by atoms with Gasteiger partial charge in [0.15, 0.2) is 0 Å². The van der Waals surface area contributed by atoms with Crippen molar-refractivity contribution in [1.29, 1.82) is 0 Å². The molecule has 0 spiro atoms. The van der Waals surface area contributed by atoms with Crippen LogP contribution < -0.4 is 14.8 Å². The highest BCUT2D eigenvalue weighted by Gasteiger charge is 2.22. The number of carbonyl (C=O) groups excluding carboxylic acids is 1. The number of nitrogens with one attached hydrogen (secondary N) is 2. The van der Waals surface area contributed by atoms with Gasteiger partial charge in [-0.3, -0.25) is 4.79 Å². The molecule has 1 fully saturated rings. The second-order valence-corrected chi connectivity index (χ2v) is 10.5. The number of amides is 1. The molecule has 0 atom stereocenters. The van der Waals surface area contributed by atoms with Gasteiger partial charge in [-0.2, -0.15) is 8.42 Å². The quantitative estimate of drug-likeness (QED) is 0.615. The van der Waals surface area contributed by atoms with E-state index >= 15 is 0 Å². The molecule has 1 aliphatic rings. The minimum atomic E-state index is -3.95. The third-order valence-electron chi connectivity index (χ3n) is 4.93. The van der Waals surface area contributed by atoms with E-state index in [2.05, 4.69) is 14.4 Å². The van der Waals surface area contributed by atoms with E-state index in [1.807, 2.05) is 0 Å². The van der Waals surface area contributed by atoms with Gasteiger partial charge in [-0.15, -0.1) is 4.40 Å². The summed E-state index contributed by atoms with van der Waals surface area (Å²) in [5.41, 5.74) is 0.283. The topological polar surface area (TPSA) is 134 Å². The van der Waals surface area contributed by atoms with Crippen molar-refractivity contribution in [1.82, 2.24) is 9.62 Å². The summed E-state index contributed by atoms with van der Waals surface area (Å²) in [5, 5.41) is 2.59. The summed E-state index contributed by atoms with van der Waals surface area (Å²) < 4.78 is 61.0. The predicted octanol–water partition coefficient (Wildman–Crippen LogP) is 1.67. The van der Waals surface area contributed by atoms with Crippen LogP contribution in [0.25, 0.3) is 0 Å². The number of amidine groups is 1. The van der Waals surface area contributed by atoms with Gasteiger partial charge in [0, 0.05) is 31.3 Å². The van der Waals surface area contributed by atoms with Gasteiger partial charge in [0.25, 0.3) is 15.9 Å².